The third-order valence-electron chi connectivity index (χ3n) is 3.08. The minimum Gasteiger partial charge on any atom is -0.329 e. The lowest BCUT2D eigenvalue weighted by Crippen LogP contribution is -2.39. The Morgan fingerprint density at radius 1 is 1.50 bits per heavy atom. The second kappa shape index (κ2) is 5.46. The zero-order valence-electron chi connectivity index (χ0n) is 9.64. The van der Waals surface area contributed by atoms with Gasteiger partial charge in [-0.2, -0.15) is 4.31 Å². The van der Waals surface area contributed by atoms with E-state index in [4.69, 9.17) is 17.3 Å². The number of hydrogen-bond acceptors (Lipinski definition) is 3. The van der Waals surface area contributed by atoms with Crippen LogP contribution in [-0.4, -0.2) is 31.9 Å². The average Bonchev–Trinajstić information content (AvgIpc) is 2.81. The number of benzene rings is 1. The fourth-order valence-corrected chi connectivity index (χ4v) is 4.88. The van der Waals surface area contributed by atoms with E-state index in [9.17, 15) is 8.42 Å². The summed E-state index contributed by atoms with van der Waals surface area (Å²) < 4.78 is 27.2. The van der Waals surface area contributed by atoms with E-state index in [2.05, 4.69) is 15.9 Å². The molecule has 0 unspecified atom stereocenters. The highest BCUT2D eigenvalue weighted by molar-refractivity contribution is 9.10. The molecule has 0 aromatic heterocycles. The van der Waals surface area contributed by atoms with Gasteiger partial charge in [-0.15, -0.1) is 0 Å². The van der Waals surface area contributed by atoms with Gasteiger partial charge in [0.15, 0.2) is 0 Å². The molecule has 1 saturated heterocycles. The molecule has 1 heterocycles. The minimum absolute atomic E-state index is 0.120. The van der Waals surface area contributed by atoms with Gasteiger partial charge in [-0.3, -0.25) is 0 Å². The first-order valence-corrected chi connectivity index (χ1v) is 8.25. The van der Waals surface area contributed by atoms with Crippen molar-refractivity contribution >= 4 is 37.6 Å². The van der Waals surface area contributed by atoms with Crippen molar-refractivity contribution in [3.05, 3.63) is 27.7 Å². The first-order chi connectivity index (χ1) is 8.46. The molecule has 1 atom stereocenters. The fraction of sp³-hybridized carbons (Fsp3) is 0.455. The number of halogens is 2. The molecule has 4 nitrogen and oxygen atoms in total. The van der Waals surface area contributed by atoms with Crippen molar-refractivity contribution < 1.29 is 8.42 Å². The van der Waals surface area contributed by atoms with Gasteiger partial charge in [0.2, 0.25) is 10.0 Å². The largest absolute Gasteiger partial charge is 0.329 e. The molecular formula is C11H14BrClN2O2S. The molecule has 0 spiro atoms. The molecule has 100 valence electrons. The topological polar surface area (TPSA) is 63.4 Å². The quantitative estimate of drug-likeness (QED) is 0.906. The van der Waals surface area contributed by atoms with E-state index in [1.165, 1.54) is 10.4 Å². The van der Waals surface area contributed by atoms with Crippen molar-refractivity contribution in [2.24, 2.45) is 5.73 Å². The van der Waals surface area contributed by atoms with Crippen LogP contribution in [0.3, 0.4) is 0 Å². The van der Waals surface area contributed by atoms with Gasteiger partial charge in [-0.25, -0.2) is 8.42 Å². The molecule has 7 heteroatoms. The second-order valence-corrected chi connectivity index (χ2v) is 7.40. The van der Waals surface area contributed by atoms with Crippen LogP contribution in [0, 0.1) is 0 Å². The summed E-state index contributed by atoms with van der Waals surface area (Å²) in [7, 11) is -3.56. The molecule has 2 rings (SSSR count). The number of rotatable bonds is 3. The molecule has 1 aliphatic rings. The predicted molar refractivity (Wildman–Crippen MR) is 75.1 cm³/mol. The van der Waals surface area contributed by atoms with E-state index in [0.717, 1.165) is 12.8 Å². The standard InChI is InChI=1S/C11H14BrClN2O2S/c12-8-3-4-10(13)11(6-8)18(16,17)15-5-1-2-9(15)7-14/h3-4,6,9H,1-2,5,7,14H2/t9-/m1/s1. The van der Waals surface area contributed by atoms with Crippen molar-refractivity contribution in [3.63, 3.8) is 0 Å². The maximum Gasteiger partial charge on any atom is 0.244 e. The molecule has 1 aromatic carbocycles. The summed E-state index contributed by atoms with van der Waals surface area (Å²) in [6, 6.07) is 4.70. The third kappa shape index (κ3) is 2.58. The summed E-state index contributed by atoms with van der Waals surface area (Å²) >= 11 is 9.26. The van der Waals surface area contributed by atoms with Gasteiger partial charge in [-0.05, 0) is 31.0 Å². The fourth-order valence-electron chi connectivity index (χ4n) is 2.16. The van der Waals surface area contributed by atoms with Gasteiger partial charge in [0.05, 0.1) is 5.02 Å². The van der Waals surface area contributed by atoms with Crippen LogP contribution < -0.4 is 5.73 Å². The Kier molecular flexibility index (Phi) is 4.33. The van der Waals surface area contributed by atoms with E-state index in [0.29, 0.717) is 17.6 Å². The predicted octanol–water partition coefficient (Wildman–Crippen LogP) is 2.21. The maximum absolute atomic E-state index is 12.5. The summed E-state index contributed by atoms with van der Waals surface area (Å²) in [6.45, 7) is 0.845. The van der Waals surface area contributed by atoms with E-state index in [1.54, 1.807) is 12.1 Å². The van der Waals surface area contributed by atoms with Crippen LogP contribution in [0.5, 0.6) is 0 Å². The number of nitrogens with two attached hydrogens (primary N) is 1. The van der Waals surface area contributed by atoms with Gasteiger partial charge in [0.25, 0.3) is 0 Å². The highest BCUT2D eigenvalue weighted by Crippen LogP contribution is 2.31. The SMILES string of the molecule is NC[C@H]1CCCN1S(=O)(=O)c1cc(Br)ccc1Cl. The Bertz CT molecular complexity index is 550. The van der Waals surface area contributed by atoms with Crippen LogP contribution >= 0.6 is 27.5 Å². The lowest BCUT2D eigenvalue weighted by molar-refractivity contribution is 0.393. The molecule has 0 radical (unpaired) electrons. The first kappa shape index (κ1) is 14.3. The minimum atomic E-state index is -3.56. The molecule has 0 saturated carbocycles. The summed E-state index contributed by atoms with van der Waals surface area (Å²) in [5, 5.41) is 0.237. The first-order valence-electron chi connectivity index (χ1n) is 5.64. The van der Waals surface area contributed by atoms with E-state index < -0.39 is 10.0 Å². The highest BCUT2D eigenvalue weighted by Gasteiger charge is 2.35. The summed E-state index contributed by atoms with van der Waals surface area (Å²) in [6.07, 6.45) is 1.65. The summed E-state index contributed by atoms with van der Waals surface area (Å²) in [4.78, 5) is 0.138. The molecule has 1 fully saturated rings. The summed E-state index contributed by atoms with van der Waals surface area (Å²) in [5.41, 5.74) is 5.62. The molecule has 1 aliphatic heterocycles. The van der Waals surface area contributed by atoms with Crippen LogP contribution in [0.4, 0.5) is 0 Å². The Morgan fingerprint density at radius 3 is 2.89 bits per heavy atom. The molecule has 0 bridgehead atoms. The highest BCUT2D eigenvalue weighted by atomic mass is 79.9. The van der Waals surface area contributed by atoms with Crippen molar-refractivity contribution in [1.82, 2.24) is 4.31 Å². The molecule has 0 aliphatic carbocycles. The maximum atomic E-state index is 12.5. The summed E-state index contributed by atoms with van der Waals surface area (Å²) in [5.74, 6) is 0. The van der Waals surface area contributed by atoms with Crippen LogP contribution in [0.1, 0.15) is 12.8 Å². The Morgan fingerprint density at radius 2 is 2.22 bits per heavy atom. The Balaban J connectivity index is 2.45. The average molecular weight is 354 g/mol. The number of sulfonamides is 1. The molecule has 18 heavy (non-hydrogen) atoms. The lowest BCUT2D eigenvalue weighted by atomic mass is 10.2. The zero-order chi connectivity index (χ0) is 13.3. The van der Waals surface area contributed by atoms with E-state index in [-0.39, 0.29) is 16.0 Å². The monoisotopic (exact) mass is 352 g/mol. The van der Waals surface area contributed by atoms with Crippen molar-refractivity contribution in [1.29, 1.82) is 0 Å². The number of nitrogens with zero attached hydrogens (tertiary/aromatic N) is 1. The van der Waals surface area contributed by atoms with Gasteiger partial charge < -0.3 is 5.73 Å². The third-order valence-corrected chi connectivity index (χ3v) is 6.00. The van der Waals surface area contributed by atoms with E-state index >= 15 is 0 Å². The van der Waals surface area contributed by atoms with Gasteiger partial charge in [0.1, 0.15) is 4.90 Å². The molecule has 0 amide bonds. The molecular weight excluding hydrogens is 340 g/mol. The van der Waals surface area contributed by atoms with Crippen molar-refractivity contribution in [2.45, 2.75) is 23.8 Å². The van der Waals surface area contributed by atoms with Crippen LogP contribution in [0.15, 0.2) is 27.6 Å². The Labute approximate surface area is 120 Å². The smallest absolute Gasteiger partial charge is 0.244 e. The van der Waals surface area contributed by atoms with E-state index in [1.807, 2.05) is 0 Å². The van der Waals surface area contributed by atoms with Crippen LogP contribution in [0.25, 0.3) is 0 Å². The van der Waals surface area contributed by atoms with Gasteiger partial charge >= 0.3 is 0 Å². The molecule has 1 aromatic rings. The lowest BCUT2D eigenvalue weighted by Gasteiger charge is -2.23. The van der Waals surface area contributed by atoms with Crippen molar-refractivity contribution in [3.8, 4) is 0 Å². The Hall–Kier alpha value is -0.140. The second-order valence-electron chi connectivity index (χ2n) is 4.22. The van der Waals surface area contributed by atoms with Crippen LogP contribution in [-0.2, 0) is 10.0 Å². The molecule has 2 N–H and O–H groups in total. The van der Waals surface area contributed by atoms with Gasteiger partial charge in [0, 0.05) is 23.6 Å². The van der Waals surface area contributed by atoms with Crippen molar-refractivity contribution in [2.75, 3.05) is 13.1 Å². The van der Waals surface area contributed by atoms with Crippen LogP contribution in [0.2, 0.25) is 5.02 Å². The zero-order valence-corrected chi connectivity index (χ0v) is 12.8. The number of hydrogen-bond donors (Lipinski definition) is 1. The van der Waals surface area contributed by atoms with Gasteiger partial charge in [-0.1, -0.05) is 27.5 Å². The normalized spacial score (nSPS) is 21.4.